The highest BCUT2D eigenvalue weighted by molar-refractivity contribution is 5.96. The molecule has 11 nitrogen and oxygen atoms in total. The van der Waals surface area contributed by atoms with Crippen molar-refractivity contribution in [1.29, 1.82) is 5.26 Å². The number of carbonyl (C=O) groups excluding carboxylic acids is 2. The lowest BCUT2D eigenvalue weighted by Gasteiger charge is -2.38. The van der Waals surface area contributed by atoms with Gasteiger partial charge in [0.2, 0.25) is 0 Å². The Morgan fingerprint density at radius 3 is 2.68 bits per heavy atom. The van der Waals surface area contributed by atoms with Crippen molar-refractivity contribution in [1.82, 2.24) is 19.7 Å². The Hall–Kier alpha value is -4.38. The minimum Gasteiger partial charge on any atom is -0.463 e. The second kappa shape index (κ2) is 13.1. The van der Waals surface area contributed by atoms with Crippen LogP contribution in [0.25, 0.3) is 10.9 Å². The highest BCUT2D eigenvalue weighted by Gasteiger charge is 2.42. The summed E-state index contributed by atoms with van der Waals surface area (Å²) in [4.78, 5) is 41.7. The monoisotopic (exact) mass is 616 g/mol. The number of hydrogen-bond donors (Lipinski definition) is 2. The smallest absolute Gasteiger partial charge is 0.406 e. The van der Waals surface area contributed by atoms with Gasteiger partial charge in [-0.2, -0.15) is 23.5 Å². The number of benzene rings is 1. The Morgan fingerprint density at radius 1 is 1.34 bits per heavy atom. The van der Waals surface area contributed by atoms with Gasteiger partial charge in [-0.1, -0.05) is 13.8 Å². The first-order chi connectivity index (χ1) is 20.8. The van der Waals surface area contributed by atoms with E-state index in [0.29, 0.717) is 23.2 Å². The summed E-state index contributed by atoms with van der Waals surface area (Å²) in [7, 11) is 0. The zero-order valence-corrected chi connectivity index (χ0v) is 25.0. The van der Waals surface area contributed by atoms with E-state index in [9.17, 15) is 32.8 Å². The predicted molar refractivity (Wildman–Crippen MR) is 155 cm³/mol. The first-order valence-corrected chi connectivity index (χ1v) is 14.3. The molecule has 0 bridgehead atoms. The molecule has 0 spiro atoms. The SMILES string of the molecule is CCN(CC(F)(F)F)C(=O)c1ccc(Nc2nn([C@]3(CC#N)CCC(C(=O)OCC(C)C)OC3)c3cc[nH]c(=O)c23)cc1C. The van der Waals surface area contributed by atoms with Gasteiger partial charge in [-0.05, 0) is 62.4 Å². The van der Waals surface area contributed by atoms with Crippen LogP contribution in [0.1, 0.15) is 56.0 Å². The second-order valence-electron chi connectivity index (χ2n) is 11.3. The van der Waals surface area contributed by atoms with Crippen molar-refractivity contribution in [2.24, 2.45) is 5.92 Å². The first kappa shape index (κ1) is 32.5. The molecular formula is C30H35F3N6O5. The van der Waals surface area contributed by atoms with E-state index in [1.54, 1.807) is 23.7 Å². The summed E-state index contributed by atoms with van der Waals surface area (Å²) in [6.45, 7) is 5.71. The maximum absolute atomic E-state index is 13.0. The minimum absolute atomic E-state index is 0.00838. The molecule has 1 fully saturated rings. The van der Waals surface area contributed by atoms with Gasteiger partial charge in [0.1, 0.15) is 11.9 Å². The fourth-order valence-electron chi connectivity index (χ4n) is 5.23. The molecule has 44 heavy (non-hydrogen) atoms. The van der Waals surface area contributed by atoms with E-state index in [1.165, 1.54) is 25.3 Å². The molecule has 1 saturated heterocycles. The number of anilines is 2. The topological polar surface area (TPSA) is 142 Å². The quantitative estimate of drug-likeness (QED) is 0.310. The largest absolute Gasteiger partial charge is 0.463 e. The standard InChI is InChI=1S/C30H35F3N6O5/c1-5-38(16-30(31,32)33)27(41)21-7-6-20(14-19(21)4)36-25-24-22(9-13-35-26(24)40)39(37-25)29(11-12-34)10-8-23(44-17-29)28(42)43-15-18(2)3/h6-7,9,13-14,18,23H,5,8,10-11,15-17H2,1-4H3,(H,35,40)(H,36,37)/t23?,29-/m0/s1. The molecule has 2 aromatic heterocycles. The van der Waals surface area contributed by atoms with E-state index in [2.05, 4.69) is 16.4 Å². The van der Waals surface area contributed by atoms with E-state index in [-0.39, 0.29) is 55.3 Å². The lowest BCUT2D eigenvalue weighted by molar-refractivity contribution is -0.166. The number of H-pyrrole nitrogens is 1. The van der Waals surface area contributed by atoms with E-state index in [4.69, 9.17) is 14.6 Å². The molecule has 2 atom stereocenters. The number of nitrogens with zero attached hydrogens (tertiary/aromatic N) is 4. The van der Waals surface area contributed by atoms with E-state index in [1.807, 2.05) is 13.8 Å². The molecule has 1 aromatic carbocycles. The molecule has 1 unspecified atom stereocenters. The number of carbonyl (C=O) groups is 2. The number of esters is 1. The molecule has 0 radical (unpaired) electrons. The number of aromatic nitrogens is 3. The zero-order valence-electron chi connectivity index (χ0n) is 25.0. The second-order valence-corrected chi connectivity index (χ2v) is 11.3. The number of fused-ring (bicyclic) bond motifs is 1. The molecule has 1 aliphatic rings. The van der Waals surface area contributed by atoms with Crippen LogP contribution < -0.4 is 10.9 Å². The lowest BCUT2D eigenvalue weighted by Crippen LogP contribution is -2.47. The average Bonchev–Trinajstić information content (AvgIpc) is 3.34. The molecule has 1 aliphatic heterocycles. The van der Waals surface area contributed by atoms with Crippen LogP contribution in [0.4, 0.5) is 24.7 Å². The highest BCUT2D eigenvalue weighted by atomic mass is 19.4. The van der Waals surface area contributed by atoms with Crippen LogP contribution >= 0.6 is 0 Å². The van der Waals surface area contributed by atoms with Gasteiger partial charge in [0.05, 0.1) is 36.8 Å². The summed E-state index contributed by atoms with van der Waals surface area (Å²) in [5, 5.41) is 17.7. The summed E-state index contributed by atoms with van der Waals surface area (Å²) in [5.74, 6) is -0.878. The Labute approximate surface area is 251 Å². The van der Waals surface area contributed by atoms with Crippen LogP contribution in [0.15, 0.2) is 35.3 Å². The van der Waals surface area contributed by atoms with Gasteiger partial charge in [-0.25, -0.2) is 4.79 Å². The maximum atomic E-state index is 13.0. The van der Waals surface area contributed by atoms with Crippen molar-refractivity contribution in [3.63, 3.8) is 0 Å². The number of ether oxygens (including phenoxy) is 2. The molecule has 1 amide bonds. The van der Waals surface area contributed by atoms with Crippen molar-refractivity contribution >= 4 is 34.3 Å². The van der Waals surface area contributed by atoms with Gasteiger partial charge >= 0.3 is 12.1 Å². The van der Waals surface area contributed by atoms with E-state index < -0.39 is 41.8 Å². The minimum atomic E-state index is -4.53. The number of pyridine rings is 1. The Morgan fingerprint density at radius 2 is 2.09 bits per heavy atom. The summed E-state index contributed by atoms with van der Waals surface area (Å²) in [6.07, 6.45) is -3.22. The van der Waals surface area contributed by atoms with Crippen molar-refractivity contribution in [2.75, 3.05) is 31.6 Å². The Bertz CT molecular complexity index is 1620. The van der Waals surface area contributed by atoms with E-state index >= 15 is 0 Å². The van der Waals surface area contributed by atoms with Crippen LogP contribution in [0.3, 0.4) is 0 Å². The van der Waals surface area contributed by atoms with Gasteiger partial charge in [0.25, 0.3) is 11.5 Å². The lowest BCUT2D eigenvalue weighted by atomic mass is 9.87. The highest BCUT2D eigenvalue weighted by Crippen LogP contribution is 2.37. The van der Waals surface area contributed by atoms with E-state index in [0.717, 1.165) is 4.90 Å². The molecule has 3 heterocycles. The molecule has 2 N–H and O–H groups in total. The van der Waals surface area contributed by atoms with Crippen molar-refractivity contribution in [2.45, 2.75) is 64.8 Å². The third-order valence-electron chi connectivity index (χ3n) is 7.47. The fraction of sp³-hybridized carbons (Fsp3) is 0.500. The molecule has 0 saturated carbocycles. The van der Waals surface area contributed by atoms with Gasteiger partial charge in [0, 0.05) is 24.0 Å². The van der Waals surface area contributed by atoms with Gasteiger partial charge in [0.15, 0.2) is 11.9 Å². The zero-order chi connectivity index (χ0) is 32.2. The van der Waals surface area contributed by atoms with Crippen LogP contribution in [0, 0.1) is 24.2 Å². The molecular weight excluding hydrogens is 581 g/mol. The number of rotatable bonds is 10. The molecule has 3 aromatic rings. The fourth-order valence-corrected chi connectivity index (χ4v) is 5.23. The van der Waals surface area contributed by atoms with Gasteiger partial charge in [-0.3, -0.25) is 14.3 Å². The Kier molecular flexibility index (Phi) is 9.68. The normalized spacial score (nSPS) is 18.7. The van der Waals surface area contributed by atoms with Crippen molar-refractivity contribution in [3.05, 3.63) is 51.9 Å². The Balaban J connectivity index is 1.64. The number of aryl methyl sites for hydroxylation is 1. The molecule has 236 valence electrons. The third-order valence-corrected chi connectivity index (χ3v) is 7.47. The van der Waals surface area contributed by atoms with Crippen molar-refractivity contribution < 1.29 is 32.2 Å². The summed E-state index contributed by atoms with van der Waals surface area (Å²) in [5.41, 5.74) is -0.00677. The van der Waals surface area contributed by atoms with Gasteiger partial charge < -0.3 is 24.7 Å². The number of hydrogen-bond acceptors (Lipinski definition) is 8. The summed E-state index contributed by atoms with van der Waals surface area (Å²) >= 11 is 0. The number of nitrogens with one attached hydrogen (secondary N) is 2. The van der Waals surface area contributed by atoms with Crippen LogP contribution in [-0.2, 0) is 19.8 Å². The average molecular weight is 617 g/mol. The van der Waals surface area contributed by atoms with Crippen molar-refractivity contribution in [3.8, 4) is 6.07 Å². The molecule has 0 aliphatic carbocycles. The third kappa shape index (κ3) is 7.05. The first-order valence-electron chi connectivity index (χ1n) is 14.3. The number of nitriles is 1. The number of aromatic amines is 1. The molecule has 14 heteroatoms. The van der Waals surface area contributed by atoms with Crippen LogP contribution in [0.5, 0.6) is 0 Å². The van der Waals surface area contributed by atoms with Crippen LogP contribution in [0.2, 0.25) is 0 Å². The summed E-state index contributed by atoms with van der Waals surface area (Å²) in [6, 6.07) is 8.36. The van der Waals surface area contributed by atoms with Gasteiger partial charge in [-0.15, -0.1) is 0 Å². The maximum Gasteiger partial charge on any atom is 0.406 e. The number of halogens is 3. The van der Waals surface area contributed by atoms with Crippen LogP contribution in [-0.4, -0.2) is 70.1 Å². The molecule has 4 rings (SSSR count). The number of amides is 1. The number of alkyl halides is 3. The predicted octanol–water partition coefficient (Wildman–Crippen LogP) is 4.79. The summed E-state index contributed by atoms with van der Waals surface area (Å²) < 4.78 is 51.7.